The molecule has 9 heteroatoms. The molecule has 4 rings (SSSR count). The van der Waals surface area contributed by atoms with E-state index in [1.54, 1.807) is 6.20 Å². The van der Waals surface area contributed by atoms with E-state index in [1.807, 2.05) is 51.1 Å². The first kappa shape index (κ1) is 23.4. The van der Waals surface area contributed by atoms with E-state index < -0.39 is 16.6 Å². The quantitative estimate of drug-likeness (QED) is 0.481. The van der Waals surface area contributed by atoms with Crippen molar-refractivity contribution in [2.45, 2.75) is 50.0 Å². The van der Waals surface area contributed by atoms with Crippen LogP contribution in [0.15, 0.2) is 41.7 Å². The van der Waals surface area contributed by atoms with Crippen molar-refractivity contribution in [1.29, 1.82) is 0 Å². The molecule has 1 aliphatic rings. The summed E-state index contributed by atoms with van der Waals surface area (Å²) in [6.45, 7) is 6.69. The van der Waals surface area contributed by atoms with Crippen LogP contribution >= 0.6 is 0 Å². The number of imidazole rings is 1. The Bertz CT molecular complexity index is 1010. The van der Waals surface area contributed by atoms with Crippen molar-refractivity contribution in [2.24, 2.45) is 0 Å². The van der Waals surface area contributed by atoms with E-state index in [4.69, 9.17) is 14.2 Å². The number of benzene rings is 1. The summed E-state index contributed by atoms with van der Waals surface area (Å²) in [4.78, 5) is 13.2. The summed E-state index contributed by atoms with van der Waals surface area (Å²) in [6, 6.07) is 9.34. The molecule has 0 N–H and O–H groups in total. The number of para-hydroxylation sites is 2. The smallest absolute Gasteiger partial charge is 0.490 e. The first-order valence-electron chi connectivity index (χ1n) is 9.64. The zero-order valence-electron chi connectivity index (χ0n) is 17.8. The van der Waals surface area contributed by atoms with Gasteiger partial charge in [-0.3, -0.25) is 9.19 Å². The molecular formula is C21H24N3NaO4S. The normalized spacial score (nSPS) is 18.8. The molecule has 0 aliphatic carbocycles. The zero-order chi connectivity index (χ0) is 20.4. The molecule has 2 unspecified atom stereocenters. The van der Waals surface area contributed by atoms with Crippen LogP contribution in [0.2, 0.25) is 0 Å². The number of hydrogen-bond donors (Lipinski definition) is 0. The van der Waals surface area contributed by atoms with Gasteiger partial charge in [0, 0.05) is 16.9 Å². The van der Waals surface area contributed by atoms with Gasteiger partial charge in [-0.15, -0.1) is 0 Å². The first-order chi connectivity index (χ1) is 13.9. The van der Waals surface area contributed by atoms with Crippen LogP contribution in [0.1, 0.15) is 32.0 Å². The van der Waals surface area contributed by atoms with Gasteiger partial charge in [-0.1, -0.05) is 31.2 Å². The van der Waals surface area contributed by atoms with Gasteiger partial charge < -0.3 is 24.2 Å². The van der Waals surface area contributed by atoms with Crippen LogP contribution in [0.4, 0.5) is 0 Å². The topological polar surface area (TPSA) is 84.6 Å². The van der Waals surface area contributed by atoms with Crippen LogP contribution in [0.3, 0.4) is 0 Å². The van der Waals surface area contributed by atoms with Crippen LogP contribution in [0.5, 0.6) is 5.75 Å². The second-order valence-corrected chi connectivity index (χ2v) is 8.68. The number of ether oxygens (including phenoxy) is 3. The monoisotopic (exact) mass is 437 g/mol. The van der Waals surface area contributed by atoms with E-state index >= 15 is 0 Å². The molecule has 1 saturated heterocycles. The Morgan fingerprint density at radius 3 is 2.80 bits per heavy atom. The van der Waals surface area contributed by atoms with Crippen molar-refractivity contribution in [1.82, 2.24) is 15.0 Å². The number of hydrogen-bond acceptors (Lipinski definition) is 6. The van der Waals surface area contributed by atoms with E-state index in [2.05, 4.69) is 15.0 Å². The number of aromatic nitrogens is 3. The van der Waals surface area contributed by atoms with E-state index in [0.29, 0.717) is 24.8 Å². The summed E-state index contributed by atoms with van der Waals surface area (Å²) in [5.74, 6) is 0.397. The molecule has 154 valence electrons. The van der Waals surface area contributed by atoms with Gasteiger partial charge in [-0.25, -0.2) is 0 Å². The van der Waals surface area contributed by atoms with Crippen LogP contribution in [0, 0.1) is 0 Å². The molecule has 0 bridgehead atoms. The minimum Gasteiger partial charge on any atom is -0.490 e. The summed E-state index contributed by atoms with van der Waals surface area (Å²) in [6.07, 6.45) is 2.28. The molecule has 30 heavy (non-hydrogen) atoms. The van der Waals surface area contributed by atoms with Gasteiger partial charge in [0.1, 0.15) is 18.5 Å². The molecule has 2 aromatic heterocycles. The number of rotatable bonds is 7. The minimum absolute atomic E-state index is 0. The molecule has 0 amide bonds. The summed E-state index contributed by atoms with van der Waals surface area (Å²) < 4.78 is 30.3. The fraction of sp³-hybridized carbons (Fsp3) is 0.429. The molecule has 1 aromatic carbocycles. The molecule has 0 saturated carbocycles. The maximum Gasteiger partial charge on any atom is 1.00 e. The minimum atomic E-state index is -1.39. The third-order valence-corrected chi connectivity index (χ3v) is 5.86. The van der Waals surface area contributed by atoms with Gasteiger partial charge >= 0.3 is 29.6 Å². The Morgan fingerprint density at radius 1 is 1.30 bits per heavy atom. The fourth-order valence-electron chi connectivity index (χ4n) is 3.36. The van der Waals surface area contributed by atoms with Crippen LogP contribution in [-0.4, -0.2) is 39.3 Å². The molecule has 7 nitrogen and oxygen atoms in total. The standard InChI is InChI=1S/C21H24N3O4S.Na/c1-4-15-18(13-29(25)20-23-16-7-5-6-8-17(16)24-20)22-10-9-19(15)26-11-14-12-27-21(2,3)28-14;/h5-10,14H,4,11-13H2,1-3H3;/q-1;+1. The number of pyridine rings is 1. The van der Waals surface area contributed by atoms with Gasteiger partial charge in [0.25, 0.3) is 0 Å². The summed E-state index contributed by atoms with van der Waals surface area (Å²) in [7, 11) is -1.39. The Morgan fingerprint density at radius 2 is 2.10 bits per heavy atom. The van der Waals surface area contributed by atoms with Crippen molar-refractivity contribution in [3.63, 3.8) is 0 Å². The predicted octanol–water partition coefficient (Wildman–Crippen LogP) is -0.00850. The second kappa shape index (κ2) is 9.89. The Balaban J connectivity index is 0.00000256. The van der Waals surface area contributed by atoms with Gasteiger partial charge in [0.2, 0.25) is 0 Å². The van der Waals surface area contributed by atoms with Gasteiger partial charge in [-0.2, -0.15) is 0 Å². The maximum atomic E-state index is 12.9. The molecule has 2 atom stereocenters. The molecule has 3 aromatic rings. The Labute approximate surface area is 200 Å². The molecule has 3 heterocycles. The summed E-state index contributed by atoms with van der Waals surface area (Å²) in [5.41, 5.74) is 3.17. The third-order valence-electron chi connectivity index (χ3n) is 4.73. The summed E-state index contributed by atoms with van der Waals surface area (Å²) >= 11 is 0. The zero-order valence-corrected chi connectivity index (χ0v) is 20.6. The van der Waals surface area contributed by atoms with E-state index in [9.17, 15) is 4.21 Å². The second-order valence-electron chi connectivity index (χ2n) is 7.33. The number of nitrogens with zero attached hydrogens (tertiary/aromatic N) is 3. The van der Waals surface area contributed by atoms with Gasteiger partial charge in [0.05, 0.1) is 28.9 Å². The molecule has 0 spiro atoms. The van der Waals surface area contributed by atoms with Crippen molar-refractivity contribution in [3.8, 4) is 5.75 Å². The largest absolute Gasteiger partial charge is 1.00 e. The third kappa shape index (κ3) is 5.30. The average Bonchev–Trinajstić information content (AvgIpc) is 3.29. The van der Waals surface area contributed by atoms with Crippen molar-refractivity contribution >= 4 is 21.8 Å². The van der Waals surface area contributed by atoms with Crippen LogP contribution in [0.25, 0.3) is 11.0 Å². The van der Waals surface area contributed by atoms with Crippen molar-refractivity contribution in [2.75, 3.05) is 13.2 Å². The molecular weight excluding hydrogens is 413 g/mol. The molecule has 1 aliphatic heterocycles. The maximum absolute atomic E-state index is 12.9. The molecule has 0 radical (unpaired) electrons. The number of fused-ring (bicyclic) bond motifs is 1. The van der Waals surface area contributed by atoms with Gasteiger partial charge in [0.15, 0.2) is 5.79 Å². The van der Waals surface area contributed by atoms with Crippen LogP contribution < -0.4 is 39.3 Å². The van der Waals surface area contributed by atoms with Crippen molar-refractivity contribution < 1.29 is 48.0 Å². The fourth-order valence-corrected chi connectivity index (χ4v) is 4.38. The summed E-state index contributed by atoms with van der Waals surface area (Å²) in [5, 5.41) is 0.333. The van der Waals surface area contributed by atoms with E-state index in [0.717, 1.165) is 28.0 Å². The average molecular weight is 437 g/mol. The Hall–Kier alpha value is -1.29. The SMILES string of the molecule is CCc1c(OCC2COC(C)(C)O2)ccnc1CS(=O)c1nc2ccccc2[n-]1.[Na+]. The van der Waals surface area contributed by atoms with Crippen molar-refractivity contribution in [3.05, 3.63) is 47.8 Å². The van der Waals surface area contributed by atoms with E-state index in [-0.39, 0.29) is 41.4 Å². The van der Waals surface area contributed by atoms with Gasteiger partial charge in [-0.05, 0) is 37.4 Å². The van der Waals surface area contributed by atoms with E-state index in [1.165, 1.54) is 0 Å². The molecule has 1 fully saturated rings. The van der Waals surface area contributed by atoms with Crippen LogP contribution in [-0.2, 0) is 32.4 Å². The Kier molecular flexibility index (Phi) is 7.71. The predicted molar refractivity (Wildman–Crippen MR) is 109 cm³/mol. The first-order valence-corrected chi connectivity index (χ1v) is 11.0.